The maximum Gasteiger partial charge on any atom is 0.169 e. The van der Waals surface area contributed by atoms with Gasteiger partial charge in [0.2, 0.25) is 0 Å². The van der Waals surface area contributed by atoms with Crippen molar-refractivity contribution in [2.75, 3.05) is 12.0 Å². The van der Waals surface area contributed by atoms with Gasteiger partial charge in [-0.25, -0.2) is 4.39 Å². The van der Waals surface area contributed by atoms with Gasteiger partial charge in [-0.3, -0.25) is 0 Å². The predicted octanol–water partition coefficient (Wildman–Crippen LogP) is 2.93. The summed E-state index contributed by atoms with van der Waals surface area (Å²) in [5.41, 5.74) is 6.18. The Bertz CT molecular complexity index is 469. The lowest BCUT2D eigenvalue weighted by Gasteiger charge is -2.04. The lowest BCUT2D eigenvalue weighted by molar-refractivity contribution is 0.495. The maximum absolute atomic E-state index is 13.3. The molecule has 0 aliphatic heterocycles. The van der Waals surface area contributed by atoms with Crippen molar-refractivity contribution in [1.29, 1.82) is 0 Å². The van der Waals surface area contributed by atoms with Gasteiger partial charge in [0, 0.05) is 11.1 Å². The molecule has 0 aliphatic rings. The zero-order chi connectivity index (χ0) is 10.8. The molecular weight excluding hydrogens is 213 g/mol. The van der Waals surface area contributed by atoms with Crippen LogP contribution in [0.5, 0.6) is 0 Å². The van der Waals surface area contributed by atoms with E-state index in [9.17, 15) is 4.39 Å². The molecule has 2 aromatic rings. The summed E-state index contributed by atoms with van der Waals surface area (Å²) < 4.78 is 18.7. The number of hydrogen-bond acceptors (Lipinski definition) is 3. The summed E-state index contributed by atoms with van der Waals surface area (Å²) in [6, 6.07) is 6.50. The van der Waals surface area contributed by atoms with Gasteiger partial charge in [-0.15, -0.1) is 0 Å². The normalized spacial score (nSPS) is 13.3. The van der Waals surface area contributed by atoms with Crippen LogP contribution in [0.15, 0.2) is 28.7 Å². The number of furan rings is 1. The fraction of sp³-hybridized carbons (Fsp3) is 0.273. The van der Waals surface area contributed by atoms with Crippen LogP contribution in [0.4, 0.5) is 4.39 Å². The van der Waals surface area contributed by atoms with Crippen LogP contribution in [0.1, 0.15) is 11.8 Å². The van der Waals surface area contributed by atoms with Gasteiger partial charge in [-0.2, -0.15) is 11.8 Å². The number of thioether (sulfide) groups is 1. The number of nitrogens with two attached hydrogens (primary N) is 1. The molecule has 80 valence electrons. The number of para-hydroxylation sites is 1. The van der Waals surface area contributed by atoms with E-state index in [1.807, 2.05) is 12.3 Å². The maximum atomic E-state index is 13.3. The Kier molecular flexibility index (Phi) is 2.98. The molecule has 1 aromatic carbocycles. The van der Waals surface area contributed by atoms with Crippen LogP contribution in [0.3, 0.4) is 0 Å². The van der Waals surface area contributed by atoms with E-state index < -0.39 is 0 Å². The van der Waals surface area contributed by atoms with Crippen molar-refractivity contribution >= 4 is 22.7 Å². The number of fused-ring (bicyclic) bond motifs is 1. The Morgan fingerprint density at radius 3 is 3.00 bits per heavy atom. The Morgan fingerprint density at radius 1 is 1.53 bits per heavy atom. The van der Waals surface area contributed by atoms with Gasteiger partial charge in [0.15, 0.2) is 11.4 Å². The van der Waals surface area contributed by atoms with Gasteiger partial charge in [-0.05, 0) is 18.4 Å². The molecule has 1 aromatic heterocycles. The van der Waals surface area contributed by atoms with Gasteiger partial charge >= 0.3 is 0 Å². The fourth-order valence-electron chi connectivity index (χ4n) is 1.49. The van der Waals surface area contributed by atoms with Gasteiger partial charge in [0.1, 0.15) is 5.76 Å². The van der Waals surface area contributed by atoms with Crippen LogP contribution in [-0.2, 0) is 0 Å². The minimum atomic E-state index is -0.338. The van der Waals surface area contributed by atoms with Gasteiger partial charge in [0.05, 0.1) is 6.04 Å². The molecule has 2 N–H and O–H groups in total. The zero-order valence-electron chi connectivity index (χ0n) is 8.37. The van der Waals surface area contributed by atoms with E-state index in [2.05, 4.69) is 0 Å². The number of halogens is 1. The van der Waals surface area contributed by atoms with Crippen molar-refractivity contribution < 1.29 is 8.81 Å². The van der Waals surface area contributed by atoms with Crippen LogP contribution in [0.25, 0.3) is 11.0 Å². The minimum Gasteiger partial charge on any atom is -0.456 e. The first-order valence-electron chi connectivity index (χ1n) is 4.65. The third-order valence-electron chi connectivity index (χ3n) is 2.23. The van der Waals surface area contributed by atoms with E-state index in [4.69, 9.17) is 10.2 Å². The second kappa shape index (κ2) is 4.24. The molecule has 0 saturated heterocycles. The van der Waals surface area contributed by atoms with E-state index in [1.54, 1.807) is 23.9 Å². The second-order valence-electron chi connectivity index (χ2n) is 3.37. The number of benzene rings is 1. The third-order valence-corrected chi connectivity index (χ3v) is 2.92. The molecule has 0 aliphatic carbocycles. The average Bonchev–Trinajstić information content (AvgIpc) is 2.63. The average molecular weight is 225 g/mol. The highest BCUT2D eigenvalue weighted by atomic mass is 32.2. The molecule has 1 atom stereocenters. The van der Waals surface area contributed by atoms with E-state index in [1.165, 1.54) is 6.07 Å². The highest BCUT2D eigenvalue weighted by Gasteiger charge is 2.13. The van der Waals surface area contributed by atoms with E-state index >= 15 is 0 Å². The highest BCUT2D eigenvalue weighted by Crippen LogP contribution is 2.26. The molecule has 0 spiro atoms. The predicted molar refractivity (Wildman–Crippen MR) is 61.5 cm³/mol. The number of rotatable bonds is 3. The van der Waals surface area contributed by atoms with Crippen LogP contribution in [-0.4, -0.2) is 12.0 Å². The zero-order valence-corrected chi connectivity index (χ0v) is 9.18. The van der Waals surface area contributed by atoms with Gasteiger partial charge in [-0.1, -0.05) is 12.1 Å². The first-order valence-corrected chi connectivity index (χ1v) is 6.04. The molecule has 0 fully saturated rings. The summed E-state index contributed by atoms with van der Waals surface area (Å²) >= 11 is 1.64. The topological polar surface area (TPSA) is 39.2 Å². The van der Waals surface area contributed by atoms with Gasteiger partial charge < -0.3 is 10.2 Å². The first kappa shape index (κ1) is 10.5. The Balaban J connectivity index is 2.43. The smallest absolute Gasteiger partial charge is 0.169 e. The van der Waals surface area contributed by atoms with Crippen molar-refractivity contribution in [1.82, 2.24) is 0 Å². The molecule has 0 saturated carbocycles. The van der Waals surface area contributed by atoms with Crippen molar-refractivity contribution in [2.24, 2.45) is 5.73 Å². The molecule has 0 amide bonds. The van der Waals surface area contributed by atoms with E-state index in [-0.39, 0.29) is 11.9 Å². The molecular formula is C11H12FNOS. The van der Waals surface area contributed by atoms with Gasteiger partial charge in [0.25, 0.3) is 0 Å². The fourth-order valence-corrected chi connectivity index (χ4v) is 2.02. The van der Waals surface area contributed by atoms with Crippen LogP contribution < -0.4 is 5.73 Å². The summed E-state index contributed by atoms with van der Waals surface area (Å²) in [6.07, 6.45) is 1.98. The summed E-state index contributed by atoms with van der Waals surface area (Å²) in [5, 5.41) is 0.765. The van der Waals surface area contributed by atoms with Crippen LogP contribution in [0, 0.1) is 5.82 Å². The minimum absolute atomic E-state index is 0.174. The number of hydrogen-bond donors (Lipinski definition) is 1. The lowest BCUT2D eigenvalue weighted by Crippen LogP contribution is -2.11. The van der Waals surface area contributed by atoms with Crippen molar-refractivity contribution in [3.63, 3.8) is 0 Å². The van der Waals surface area contributed by atoms with Crippen molar-refractivity contribution in [2.45, 2.75) is 6.04 Å². The molecule has 0 bridgehead atoms. The Hall–Kier alpha value is -1.00. The largest absolute Gasteiger partial charge is 0.456 e. The molecule has 15 heavy (non-hydrogen) atoms. The SMILES string of the molecule is CSCC(N)c1cc2cccc(F)c2o1. The molecule has 2 nitrogen and oxygen atoms in total. The standard InChI is InChI=1S/C11H12FNOS/c1-15-6-9(13)10-5-7-3-2-4-8(12)11(7)14-10/h2-5,9H,6,13H2,1H3. The van der Waals surface area contributed by atoms with E-state index in [0.29, 0.717) is 11.3 Å². The summed E-state index contributed by atoms with van der Waals surface area (Å²) in [7, 11) is 0. The summed E-state index contributed by atoms with van der Waals surface area (Å²) in [4.78, 5) is 0. The van der Waals surface area contributed by atoms with Crippen molar-refractivity contribution in [3.8, 4) is 0 Å². The lowest BCUT2D eigenvalue weighted by atomic mass is 10.2. The highest BCUT2D eigenvalue weighted by molar-refractivity contribution is 7.98. The Labute approximate surface area is 91.6 Å². The molecule has 1 unspecified atom stereocenters. The molecule has 4 heteroatoms. The summed E-state index contributed by atoms with van der Waals surface area (Å²) in [6.45, 7) is 0. The molecule has 0 radical (unpaired) electrons. The second-order valence-corrected chi connectivity index (χ2v) is 4.28. The third kappa shape index (κ3) is 2.01. The summed E-state index contributed by atoms with van der Waals surface area (Å²) in [5.74, 6) is 1.07. The monoisotopic (exact) mass is 225 g/mol. The molecule has 1 heterocycles. The quantitative estimate of drug-likeness (QED) is 0.873. The van der Waals surface area contributed by atoms with Crippen LogP contribution >= 0.6 is 11.8 Å². The van der Waals surface area contributed by atoms with Crippen molar-refractivity contribution in [3.05, 3.63) is 35.8 Å². The first-order chi connectivity index (χ1) is 7.22. The van der Waals surface area contributed by atoms with Crippen LogP contribution in [0.2, 0.25) is 0 Å². The molecule has 2 rings (SSSR count). The van der Waals surface area contributed by atoms with E-state index in [0.717, 1.165) is 11.1 Å². The Morgan fingerprint density at radius 2 is 2.33 bits per heavy atom.